The minimum atomic E-state index is -0.443. The van der Waals surface area contributed by atoms with E-state index in [-0.39, 0.29) is 11.6 Å². The number of nitro groups is 1. The van der Waals surface area contributed by atoms with Gasteiger partial charge in [0.1, 0.15) is 5.75 Å². The number of hydrogen-bond donors (Lipinski definition) is 1. The van der Waals surface area contributed by atoms with Crippen molar-refractivity contribution in [3.63, 3.8) is 0 Å². The van der Waals surface area contributed by atoms with E-state index in [1.807, 2.05) is 18.2 Å². The van der Waals surface area contributed by atoms with Gasteiger partial charge in [0.15, 0.2) is 0 Å². The summed E-state index contributed by atoms with van der Waals surface area (Å²) in [5.74, 6) is 0.669. The molecule has 0 unspecified atom stereocenters. The summed E-state index contributed by atoms with van der Waals surface area (Å²) in [5.41, 5.74) is 2.05. The van der Waals surface area contributed by atoms with Crippen LogP contribution in [-0.4, -0.2) is 62.1 Å². The number of rotatable bonds is 7. The highest BCUT2D eigenvalue weighted by Gasteiger charge is 2.19. The molecule has 1 N–H and O–H groups in total. The summed E-state index contributed by atoms with van der Waals surface area (Å²) < 4.78 is 5.45. The number of para-hydroxylation sites is 2. The van der Waals surface area contributed by atoms with E-state index in [0.717, 1.165) is 44.2 Å². The molecule has 0 radical (unpaired) electrons. The minimum Gasteiger partial charge on any atom is -0.495 e. The Hall–Kier alpha value is -3.13. The van der Waals surface area contributed by atoms with Gasteiger partial charge in [-0.15, -0.1) is 0 Å². The molecule has 29 heavy (non-hydrogen) atoms. The molecule has 1 amide bonds. The van der Waals surface area contributed by atoms with Gasteiger partial charge in [0, 0.05) is 56.5 Å². The fraction of sp³-hybridized carbons (Fsp3) is 0.381. The lowest BCUT2D eigenvalue weighted by atomic mass is 10.1. The molecular weight excluding hydrogens is 372 g/mol. The molecule has 1 saturated heterocycles. The van der Waals surface area contributed by atoms with E-state index in [1.165, 1.54) is 12.1 Å². The van der Waals surface area contributed by atoms with Crippen LogP contribution < -0.4 is 15.0 Å². The second-order valence-electron chi connectivity index (χ2n) is 7.01. The summed E-state index contributed by atoms with van der Waals surface area (Å²) in [6.07, 6.45) is 0. The molecule has 3 rings (SSSR count). The fourth-order valence-corrected chi connectivity index (χ4v) is 3.53. The largest absolute Gasteiger partial charge is 0.495 e. The summed E-state index contributed by atoms with van der Waals surface area (Å²) in [6, 6.07) is 12.4. The Labute approximate surface area is 170 Å². The number of anilines is 1. The molecule has 0 atom stereocenters. The van der Waals surface area contributed by atoms with Crippen molar-refractivity contribution >= 4 is 17.3 Å². The number of methoxy groups -OCH3 is 1. The number of nitrogens with one attached hydrogen (secondary N) is 1. The van der Waals surface area contributed by atoms with Crippen molar-refractivity contribution in [3.05, 3.63) is 63.7 Å². The molecule has 0 bridgehead atoms. The molecule has 0 aromatic heterocycles. The van der Waals surface area contributed by atoms with E-state index in [2.05, 4.69) is 21.2 Å². The average molecular weight is 398 g/mol. The van der Waals surface area contributed by atoms with Gasteiger partial charge in [-0.1, -0.05) is 12.1 Å². The highest BCUT2D eigenvalue weighted by atomic mass is 16.6. The van der Waals surface area contributed by atoms with Crippen LogP contribution in [-0.2, 0) is 0 Å². The van der Waals surface area contributed by atoms with Crippen LogP contribution in [0.2, 0.25) is 0 Å². The Morgan fingerprint density at radius 2 is 1.90 bits per heavy atom. The van der Waals surface area contributed by atoms with Gasteiger partial charge in [-0.3, -0.25) is 19.8 Å². The zero-order valence-electron chi connectivity index (χ0n) is 16.8. The summed E-state index contributed by atoms with van der Waals surface area (Å²) >= 11 is 0. The van der Waals surface area contributed by atoms with Gasteiger partial charge in [-0.2, -0.15) is 0 Å². The summed E-state index contributed by atoms with van der Waals surface area (Å²) in [7, 11) is 1.68. The average Bonchev–Trinajstić information content (AvgIpc) is 2.73. The van der Waals surface area contributed by atoms with Gasteiger partial charge in [-0.25, -0.2) is 0 Å². The van der Waals surface area contributed by atoms with Gasteiger partial charge < -0.3 is 15.0 Å². The number of amides is 1. The van der Waals surface area contributed by atoms with Gasteiger partial charge in [-0.05, 0) is 31.2 Å². The molecule has 2 aromatic rings. The van der Waals surface area contributed by atoms with E-state index < -0.39 is 4.92 Å². The Bertz CT molecular complexity index is 879. The predicted molar refractivity (Wildman–Crippen MR) is 112 cm³/mol. The quantitative estimate of drug-likeness (QED) is 0.569. The van der Waals surface area contributed by atoms with Crippen LogP contribution in [0.3, 0.4) is 0 Å². The van der Waals surface area contributed by atoms with E-state index in [9.17, 15) is 14.9 Å². The monoisotopic (exact) mass is 398 g/mol. The van der Waals surface area contributed by atoms with Crippen molar-refractivity contribution in [2.24, 2.45) is 0 Å². The van der Waals surface area contributed by atoms with Crippen molar-refractivity contribution < 1.29 is 14.5 Å². The Morgan fingerprint density at radius 1 is 1.17 bits per heavy atom. The highest BCUT2D eigenvalue weighted by Crippen LogP contribution is 2.28. The first kappa shape index (κ1) is 20.6. The number of nitrogens with zero attached hydrogens (tertiary/aromatic N) is 3. The van der Waals surface area contributed by atoms with Crippen molar-refractivity contribution in [2.45, 2.75) is 6.92 Å². The number of hydrogen-bond acceptors (Lipinski definition) is 6. The summed E-state index contributed by atoms with van der Waals surface area (Å²) in [6.45, 7) is 6.54. The van der Waals surface area contributed by atoms with Crippen LogP contribution in [0.1, 0.15) is 15.9 Å². The third kappa shape index (κ3) is 5.03. The molecule has 154 valence electrons. The Kier molecular flexibility index (Phi) is 6.66. The maximum atomic E-state index is 12.3. The van der Waals surface area contributed by atoms with Crippen LogP contribution in [0.25, 0.3) is 0 Å². The molecular formula is C21H26N4O4. The Morgan fingerprint density at radius 3 is 2.55 bits per heavy atom. The molecule has 8 heteroatoms. The number of benzene rings is 2. The van der Waals surface area contributed by atoms with E-state index >= 15 is 0 Å². The molecule has 1 aliphatic heterocycles. The molecule has 1 fully saturated rings. The van der Waals surface area contributed by atoms with E-state index in [1.54, 1.807) is 20.1 Å². The zero-order chi connectivity index (χ0) is 20.8. The topological polar surface area (TPSA) is 88.0 Å². The number of nitro benzene ring substituents is 1. The number of carbonyl (C=O) groups is 1. The molecule has 0 saturated carbocycles. The fourth-order valence-electron chi connectivity index (χ4n) is 3.53. The normalized spacial score (nSPS) is 14.5. The van der Waals surface area contributed by atoms with Crippen LogP contribution in [0.4, 0.5) is 11.4 Å². The first-order chi connectivity index (χ1) is 14.0. The van der Waals surface area contributed by atoms with Crippen LogP contribution in [0.5, 0.6) is 5.75 Å². The van der Waals surface area contributed by atoms with Gasteiger partial charge in [0.25, 0.3) is 11.6 Å². The van der Waals surface area contributed by atoms with E-state index in [0.29, 0.717) is 17.7 Å². The van der Waals surface area contributed by atoms with Crippen molar-refractivity contribution in [1.82, 2.24) is 10.2 Å². The van der Waals surface area contributed by atoms with Crippen LogP contribution in [0, 0.1) is 17.0 Å². The standard InChI is InChI=1S/C21H26N4O4/c1-16-15-17(7-8-18(16)25(27)28)21(26)22-9-10-23-11-13-24(14-12-23)19-5-3-4-6-20(19)29-2/h3-8,15H,9-14H2,1-2H3,(H,22,26). The molecule has 1 aliphatic rings. The van der Waals surface area contributed by atoms with Crippen LogP contribution in [0.15, 0.2) is 42.5 Å². The number of ether oxygens (including phenoxy) is 1. The first-order valence-electron chi connectivity index (χ1n) is 9.63. The highest BCUT2D eigenvalue weighted by molar-refractivity contribution is 5.94. The lowest BCUT2D eigenvalue weighted by Crippen LogP contribution is -2.48. The molecule has 1 heterocycles. The lowest BCUT2D eigenvalue weighted by molar-refractivity contribution is -0.385. The van der Waals surface area contributed by atoms with Gasteiger partial charge in [0.05, 0.1) is 17.7 Å². The molecule has 0 spiro atoms. The van der Waals surface area contributed by atoms with Crippen molar-refractivity contribution in [3.8, 4) is 5.75 Å². The lowest BCUT2D eigenvalue weighted by Gasteiger charge is -2.36. The SMILES string of the molecule is COc1ccccc1N1CCN(CCNC(=O)c2ccc([N+](=O)[O-])c(C)c2)CC1. The zero-order valence-corrected chi connectivity index (χ0v) is 16.8. The number of aryl methyl sites for hydroxylation is 1. The maximum Gasteiger partial charge on any atom is 0.272 e. The minimum absolute atomic E-state index is 0.0227. The summed E-state index contributed by atoms with van der Waals surface area (Å²) in [5, 5.41) is 13.8. The maximum absolute atomic E-state index is 12.3. The van der Waals surface area contributed by atoms with Crippen molar-refractivity contribution in [2.75, 3.05) is 51.3 Å². The molecule has 8 nitrogen and oxygen atoms in total. The second kappa shape index (κ2) is 9.38. The second-order valence-corrected chi connectivity index (χ2v) is 7.01. The van der Waals surface area contributed by atoms with E-state index in [4.69, 9.17) is 4.74 Å². The smallest absolute Gasteiger partial charge is 0.272 e. The number of carbonyl (C=O) groups excluding carboxylic acids is 1. The summed E-state index contributed by atoms with van der Waals surface area (Å²) in [4.78, 5) is 27.4. The molecule has 2 aromatic carbocycles. The third-order valence-corrected chi connectivity index (χ3v) is 5.17. The number of piperazine rings is 1. The third-order valence-electron chi connectivity index (χ3n) is 5.17. The van der Waals surface area contributed by atoms with Crippen LogP contribution >= 0.6 is 0 Å². The first-order valence-corrected chi connectivity index (χ1v) is 9.63. The van der Waals surface area contributed by atoms with Crippen molar-refractivity contribution in [1.29, 1.82) is 0 Å². The Balaban J connectivity index is 1.45. The molecule has 0 aliphatic carbocycles. The van der Waals surface area contributed by atoms with Gasteiger partial charge >= 0.3 is 0 Å². The van der Waals surface area contributed by atoms with Gasteiger partial charge in [0.2, 0.25) is 0 Å². The predicted octanol–water partition coefficient (Wildman–Crippen LogP) is 2.46.